The summed E-state index contributed by atoms with van der Waals surface area (Å²) in [4.78, 5) is 19.9. The molecule has 0 saturated heterocycles. The summed E-state index contributed by atoms with van der Waals surface area (Å²) in [6.07, 6.45) is 0. The number of nitrogens with one attached hydrogen (secondary N) is 2. The van der Waals surface area contributed by atoms with Gasteiger partial charge in [0, 0.05) is 30.6 Å². The van der Waals surface area contributed by atoms with E-state index in [0.717, 1.165) is 22.8 Å². The number of halogens is 1. The maximum atomic E-state index is 12.0. The van der Waals surface area contributed by atoms with Crippen LogP contribution in [-0.4, -0.2) is 48.6 Å². The van der Waals surface area contributed by atoms with Crippen LogP contribution in [0.4, 0.5) is 0 Å². The van der Waals surface area contributed by atoms with Crippen LogP contribution < -0.4 is 10.6 Å². The van der Waals surface area contributed by atoms with Crippen LogP contribution in [0.3, 0.4) is 0 Å². The normalized spacial score (nSPS) is 11.3. The van der Waals surface area contributed by atoms with E-state index in [4.69, 9.17) is 0 Å². The number of aromatic hydroxyl groups is 1. The number of benzene rings is 1. The average Bonchev–Trinajstić information content (AvgIpc) is 3.02. The van der Waals surface area contributed by atoms with Crippen LogP contribution in [0.1, 0.15) is 22.2 Å². The number of carbonyl (C=O) groups is 1. The zero-order chi connectivity index (χ0) is 18.9. The van der Waals surface area contributed by atoms with Crippen molar-refractivity contribution < 1.29 is 9.90 Å². The van der Waals surface area contributed by atoms with Crippen molar-refractivity contribution in [2.24, 2.45) is 4.99 Å². The van der Waals surface area contributed by atoms with Gasteiger partial charge in [-0.05, 0) is 59.3 Å². The van der Waals surface area contributed by atoms with Gasteiger partial charge >= 0.3 is 0 Å². The molecule has 0 unspecified atom stereocenters. The van der Waals surface area contributed by atoms with E-state index in [0.29, 0.717) is 18.7 Å². The lowest BCUT2D eigenvalue weighted by Crippen LogP contribution is -2.39. The first-order valence-electron chi connectivity index (χ1n) is 8.30. The van der Waals surface area contributed by atoms with Gasteiger partial charge in [0.1, 0.15) is 5.75 Å². The van der Waals surface area contributed by atoms with Gasteiger partial charge in [0.15, 0.2) is 5.96 Å². The monoisotopic (exact) mass is 438 g/mol. The molecule has 3 N–H and O–H groups in total. The van der Waals surface area contributed by atoms with Crippen molar-refractivity contribution in [2.45, 2.75) is 13.5 Å². The highest BCUT2D eigenvalue weighted by molar-refractivity contribution is 9.11. The number of phenolic OH excluding ortho intramolecular Hbond substituents is 1. The molecule has 0 radical (unpaired) electrons. The quantitative estimate of drug-likeness (QED) is 0.352. The molecule has 0 spiro atoms. The Morgan fingerprint density at radius 3 is 2.58 bits per heavy atom. The molecule has 140 valence electrons. The predicted molar refractivity (Wildman–Crippen MR) is 110 cm³/mol. The van der Waals surface area contributed by atoms with Gasteiger partial charge < -0.3 is 20.6 Å². The van der Waals surface area contributed by atoms with E-state index in [9.17, 15) is 9.90 Å². The second kappa shape index (κ2) is 10.2. The van der Waals surface area contributed by atoms with E-state index in [-0.39, 0.29) is 11.7 Å². The minimum atomic E-state index is -0.179. The first kappa shape index (κ1) is 20.3. The maximum absolute atomic E-state index is 12.0. The molecule has 0 aliphatic heterocycles. The van der Waals surface area contributed by atoms with Crippen LogP contribution in [0.2, 0.25) is 0 Å². The predicted octanol–water partition coefficient (Wildman–Crippen LogP) is 3.04. The summed E-state index contributed by atoms with van der Waals surface area (Å²) in [6, 6.07) is 10.3. The van der Waals surface area contributed by atoms with Crippen molar-refractivity contribution in [1.29, 1.82) is 0 Å². The molecular formula is C18H23BrN4O2S. The van der Waals surface area contributed by atoms with Gasteiger partial charge in [-0.2, -0.15) is 0 Å². The molecule has 1 amide bonds. The number of carbonyl (C=O) groups excluding carboxylic acids is 1. The third-order valence-corrected chi connectivity index (χ3v) is 5.12. The molecule has 1 aromatic heterocycles. The molecule has 8 heteroatoms. The van der Waals surface area contributed by atoms with Gasteiger partial charge in [0.05, 0.1) is 16.9 Å². The van der Waals surface area contributed by atoms with Gasteiger partial charge in [-0.25, -0.2) is 0 Å². The number of hydrogen-bond donors (Lipinski definition) is 3. The zero-order valence-electron chi connectivity index (χ0n) is 14.8. The lowest BCUT2D eigenvalue weighted by molar-refractivity contribution is 0.0955. The lowest BCUT2D eigenvalue weighted by atomic mass is 10.2. The minimum absolute atomic E-state index is 0.141. The summed E-state index contributed by atoms with van der Waals surface area (Å²) >= 11 is 5.18. The van der Waals surface area contributed by atoms with Crippen molar-refractivity contribution in [3.63, 3.8) is 0 Å². The summed E-state index contributed by atoms with van der Waals surface area (Å²) in [7, 11) is 1.99. The topological polar surface area (TPSA) is 77.0 Å². The van der Waals surface area contributed by atoms with Crippen LogP contribution in [0.25, 0.3) is 0 Å². The van der Waals surface area contributed by atoms with Crippen LogP contribution in [0.5, 0.6) is 5.75 Å². The number of nitrogens with zero attached hydrogens (tertiary/aromatic N) is 2. The first-order chi connectivity index (χ1) is 12.5. The van der Waals surface area contributed by atoms with E-state index in [1.165, 1.54) is 17.0 Å². The second-order valence-corrected chi connectivity index (χ2v) is 8.15. The van der Waals surface area contributed by atoms with Crippen molar-refractivity contribution in [3.8, 4) is 5.75 Å². The summed E-state index contributed by atoms with van der Waals surface area (Å²) < 4.78 is 1.11. The Labute approximate surface area is 166 Å². The van der Waals surface area contributed by atoms with Gasteiger partial charge in [-0.1, -0.05) is 0 Å². The van der Waals surface area contributed by atoms with Crippen LogP contribution in [0, 0.1) is 0 Å². The van der Waals surface area contributed by atoms with Gasteiger partial charge in [-0.3, -0.25) is 9.79 Å². The highest BCUT2D eigenvalue weighted by Crippen LogP contribution is 2.22. The zero-order valence-corrected chi connectivity index (χ0v) is 17.2. The lowest BCUT2D eigenvalue weighted by Gasteiger charge is -2.21. The summed E-state index contributed by atoms with van der Waals surface area (Å²) in [5.41, 5.74) is 0.513. The fourth-order valence-corrected chi connectivity index (χ4v) is 3.80. The number of thiophene rings is 1. The van der Waals surface area contributed by atoms with E-state index in [1.807, 2.05) is 20.0 Å². The molecule has 6 nitrogen and oxygen atoms in total. The number of rotatable bonds is 7. The van der Waals surface area contributed by atoms with E-state index < -0.39 is 0 Å². The van der Waals surface area contributed by atoms with Gasteiger partial charge in [-0.15, -0.1) is 11.3 Å². The van der Waals surface area contributed by atoms with Crippen LogP contribution >= 0.6 is 27.3 Å². The summed E-state index contributed by atoms with van der Waals surface area (Å²) in [6.45, 7) is 4.48. The molecule has 0 fully saturated rings. The Balaban J connectivity index is 1.85. The molecule has 0 atom stereocenters. The first-order valence-corrected chi connectivity index (χ1v) is 9.91. The van der Waals surface area contributed by atoms with Crippen LogP contribution in [0.15, 0.2) is 45.2 Å². The maximum Gasteiger partial charge on any atom is 0.251 e. The molecule has 0 aliphatic carbocycles. The molecule has 1 aromatic carbocycles. The summed E-state index contributed by atoms with van der Waals surface area (Å²) in [5.74, 6) is 0.764. The Kier molecular flexibility index (Phi) is 7.93. The fourth-order valence-electron chi connectivity index (χ4n) is 2.26. The van der Waals surface area contributed by atoms with Gasteiger partial charge in [0.2, 0.25) is 0 Å². The van der Waals surface area contributed by atoms with Crippen LogP contribution in [-0.2, 0) is 6.54 Å². The number of amides is 1. The highest BCUT2D eigenvalue weighted by atomic mass is 79.9. The molecule has 2 rings (SSSR count). The Hall–Kier alpha value is -2.06. The second-order valence-electron chi connectivity index (χ2n) is 5.60. The fraction of sp³-hybridized carbons (Fsp3) is 0.333. The van der Waals surface area contributed by atoms with Crippen molar-refractivity contribution in [1.82, 2.24) is 15.5 Å². The van der Waals surface area contributed by atoms with E-state index in [1.54, 1.807) is 23.5 Å². The molecule has 0 aliphatic rings. The highest BCUT2D eigenvalue weighted by Gasteiger charge is 2.08. The number of aliphatic imine (C=N–C) groups is 1. The molecule has 1 heterocycles. The minimum Gasteiger partial charge on any atom is -0.508 e. The summed E-state index contributed by atoms with van der Waals surface area (Å²) in [5, 5.41) is 15.4. The smallest absolute Gasteiger partial charge is 0.251 e. The van der Waals surface area contributed by atoms with Crippen molar-refractivity contribution in [2.75, 3.05) is 26.7 Å². The Morgan fingerprint density at radius 1 is 1.23 bits per heavy atom. The average molecular weight is 439 g/mol. The Morgan fingerprint density at radius 2 is 1.96 bits per heavy atom. The van der Waals surface area contributed by atoms with Crippen molar-refractivity contribution >= 4 is 39.1 Å². The molecule has 26 heavy (non-hydrogen) atoms. The third kappa shape index (κ3) is 6.34. The van der Waals surface area contributed by atoms with Crippen molar-refractivity contribution in [3.05, 3.63) is 50.6 Å². The van der Waals surface area contributed by atoms with E-state index in [2.05, 4.69) is 42.5 Å². The molecule has 0 bridgehead atoms. The molecule has 2 aromatic rings. The van der Waals surface area contributed by atoms with Gasteiger partial charge in [0.25, 0.3) is 5.91 Å². The number of hydrogen-bond acceptors (Lipinski definition) is 4. The standard InChI is InChI=1S/C18H23BrN4O2S/c1-3-20-18(23(2)12-15-8-9-16(19)26-15)22-11-10-21-17(25)13-4-6-14(24)7-5-13/h4-9,24H,3,10-12H2,1-2H3,(H,20,22)(H,21,25). The molecular weight excluding hydrogens is 416 g/mol. The molecule has 0 saturated carbocycles. The SMILES string of the molecule is CCNC(=NCCNC(=O)c1ccc(O)cc1)N(C)Cc1ccc(Br)s1. The number of guanidine groups is 1. The number of phenols is 1. The van der Waals surface area contributed by atoms with E-state index >= 15 is 0 Å². The third-order valence-electron chi connectivity index (χ3n) is 3.51. The Bertz CT molecular complexity index is 746. The largest absolute Gasteiger partial charge is 0.508 e.